The molecule has 0 atom stereocenters. The number of hydrogen-bond donors (Lipinski definition) is 3. The van der Waals surface area contributed by atoms with Gasteiger partial charge in [0.15, 0.2) is 0 Å². The fourth-order valence-corrected chi connectivity index (χ4v) is 5.25. The summed E-state index contributed by atoms with van der Waals surface area (Å²) in [5.74, 6) is 0.424. The van der Waals surface area contributed by atoms with Crippen molar-refractivity contribution in [2.24, 2.45) is 11.5 Å². The fraction of sp³-hybridized carbons (Fsp3) is 0.333. The Balaban J connectivity index is 1.80. The highest BCUT2D eigenvalue weighted by Gasteiger charge is 2.18. The maximum Gasteiger partial charge on any atom is 0.317 e. The van der Waals surface area contributed by atoms with Gasteiger partial charge in [-0.3, -0.25) is 10.1 Å². The topological polar surface area (TPSA) is 101 Å². The Morgan fingerprint density at radius 2 is 1.92 bits per heavy atom. The third-order valence-corrected chi connectivity index (χ3v) is 6.39. The average Bonchev–Trinajstić information content (AvgIpc) is 3.24. The van der Waals surface area contributed by atoms with E-state index in [0.717, 1.165) is 27.6 Å². The van der Waals surface area contributed by atoms with Crippen molar-refractivity contribution in [2.45, 2.75) is 17.7 Å². The number of hydrogen-bond acceptors (Lipinski definition) is 5. The van der Waals surface area contributed by atoms with Gasteiger partial charge >= 0.3 is 6.03 Å². The van der Waals surface area contributed by atoms with Crippen molar-refractivity contribution in [3.63, 3.8) is 0 Å². The Morgan fingerprint density at radius 3 is 2.62 bits per heavy atom. The highest BCUT2D eigenvalue weighted by Crippen LogP contribution is 2.39. The van der Waals surface area contributed by atoms with Gasteiger partial charge in [0.2, 0.25) is 0 Å². The molecule has 1 fully saturated rings. The minimum Gasteiger partial charge on any atom is -0.366 e. The molecule has 2 aromatic rings. The Hall–Kier alpha value is -2.03. The molecule has 0 saturated carbocycles. The zero-order valence-electron chi connectivity index (χ0n) is 14.4. The van der Waals surface area contributed by atoms with E-state index in [2.05, 4.69) is 16.3 Å². The summed E-state index contributed by atoms with van der Waals surface area (Å²) in [6.07, 6.45) is 2.59. The largest absolute Gasteiger partial charge is 0.366 e. The fourth-order valence-electron chi connectivity index (χ4n) is 3.00. The number of rotatable bonds is 7. The number of benzene rings is 1. The van der Waals surface area contributed by atoms with Crippen LogP contribution in [-0.4, -0.2) is 42.2 Å². The predicted molar refractivity (Wildman–Crippen MR) is 108 cm³/mol. The predicted octanol–water partition coefficient (Wildman–Crippen LogP) is 3.19. The lowest BCUT2D eigenvalue weighted by Crippen LogP contribution is -2.21. The second-order valence-corrected chi connectivity index (χ2v) is 8.29. The Kier molecular flexibility index (Phi) is 6.18. The molecule has 3 rings (SSSR count). The number of nitrogens with two attached hydrogens (primary N) is 2. The summed E-state index contributed by atoms with van der Waals surface area (Å²) >= 11 is 3.11. The number of urea groups is 1. The number of primary amides is 2. The van der Waals surface area contributed by atoms with Crippen LogP contribution in [0.25, 0.3) is 10.4 Å². The van der Waals surface area contributed by atoms with Crippen molar-refractivity contribution in [2.75, 3.05) is 30.7 Å². The van der Waals surface area contributed by atoms with E-state index in [4.69, 9.17) is 11.5 Å². The summed E-state index contributed by atoms with van der Waals surface area (Å²) in [7, 11) is 0. The highest BCUT2D eigenvalue weighted by atomic mass is 32.2. The maximum atomic E-state index is 11.7. The first-order chi connectivity index (χ1) is 12.5. The van der Waals surface area contributed by atoms with Gasteiger partial charge in [0.05, 0.1) is 5.56 Å². The van der Waals surface area contributed by atoms with Crippen molar-refractivity contribution < 1.29 is 9.59 Å². The van der Waals surface area contributed by atoms with Gasteiger partial charge < -0.3 is 16.4 Å². The Bertz CT molecular complexity index is 800. The number of nitrogens with one attached hydrogen (secondary N) is 1. The van der Waals surface area contributed by atoms with Gasteiger partial charge in [-0.1, -0.05) is 18.2 Å². The maximum absolute atomic E-state index is 11.7. The van der Waals surface area contributed by atoms with Crippen LogP contribution < -0.4 is 16.8 Å². The smallest absolute Gasteiger partial charge is 0.317 e. The monoisotopic (exact) mass is 390 g/mol. The lowest BCUT2D eigenvalue weighted by Gasteiger charge is -2.14. The zero-order chi connectivity index (χ0) is 18.5. The highest BCUT2D eigenvalue weighted by molar-refractivity contribution is 7.99. The molecule has 0 aliphatic carbocycles. The molecule has 1 aromatic heterocycles. The summed E-state index contributed by atoms with van der Waals surface area (Å²) < 4.78 is 0. The molecule has 1 saturated heterocycles. The van der Waals surface area contributed by atoms with Crippen LogP contribution in [0.15, 0.2) is 35.2 Å². The van der Waals surface area contributed by atoms with E-state index in [-0.39, 0.29) is 5.56 Å². The Labute approximate surface area is 160 Å². The molecule has 1 aromatic carbocycles. The van der Waals surface area contributed by atoms with Gasteiger partial charge in [0.25, 0.3) is 5.91 Å². The summed E-state index contributed by atoms with van der Waals surface area (Å²) in [5.41, 5.74) is 11.9. The summed E-state index contributed by atoms with van der Waals surface area (Å²) in [6.45, 7) is 3.46. The standard InChI is InChI=1S/C18H22N4O2S2/c19-16(23)13-11-15(26-17(13)21-18(20)24)12-5-1-2-6-14(12)25-10-9-22-7-3-4-8-22/h1-2,5-6,11H,3-4,7-10H2,(H2,19,23)(H3,20,21,24). The van der Waals surface area contributed by atoms with E-state index < -0.39 is 11.9 Å². The molecule has 6 nitrogen and oxygen atoms in total. The van der Waals surface area contributed by atoms with Crippen LogP contribution in [0.5, 0.6) is 0 Å². The lowest BCUT2D eigenvalue weighted by molar-refractivity contribution is 0.100. The van der Waals surface area contributed by atoms with Crippen molar-refractivity contribution in [3.05, 3.63) is 35.9 Å². The number of thiophene rings is 1. The second-order valence-electron chi connectivity index (χ2n) is 6.10. The molecular formula is C18H22N4O2S2. The third kappa shape index (κ3) is 4.57. The first-order valence-electron chi connectivity index (χ1n) is 8.49. The second kappa shape index (κ2) is 8.57. The molecule has 1 aliphatic rings. The number of carbonyl (C=O) groups is 2. The number of carbonyl (C=O) groups excluding carboxylic acids is 2. The van der Waals surface area contributed by atoms with Crippen LogP contribution in [0.4, 0.5) is 9.80 Å². The molecule has 138 valence electrons. The number of anilines is 1. The summed E-state index contributed by atoms with van der Waals surface area (Å²) in [4.78, 5) is 27.4. The molecule has 0 bridgehead atoms. The molecular weight excluding hydrogens is 368 g/mol. The van der Waals surface area contributed by atoms with E-state index in [0.29, 0.717) is 5.00 Å². The molecule has 0 unspecified atom stereocenters. The van der Waals surface area contributed by atoms with Crippen LogP contribution in [0.2, 0.25) is 0 Å². The quantitative estimate of drug-likeness (QED) is 0.632. The van der Waals surface area contributed by atoms with Crippen molar-refractivity contribution >= 4 is 40.0 Å². The number of amides is 3. The van der Waals surface area contributed by atoms with Gasteiger partial charge in [-0.05, 0) is 38.1 Å². The van der Waals surface area contributed by atoms with Gasteiger partial charge in [-0.15, -0.1) is 23.1 Å². The number of nitrogens with zero attached hydrogens (tertiary/aromatic N) is 1. The third-order valence-electron chi connectivity index (χ3n) is 4.25. The van der Waals surface area contributed by atoms with Gasteiger partial charge in [-0.2, -0.15) is 0 Å². The van der Waals surface area contributed by atoms with Gasteiger partial charge in [0, 0.05) is 27.6 Å². The van der Waals surface area contributed by atoms with Crippen LogP contribution in [-0.2, 0) is 0 Å². The zero-order valence-corrected chi connectivity index (χ0v) is 16.0. The lowest BCUT2D eigenvalue weighted by atomic mass is 10.1. The Morgan fingerprint density at radius 1 is 1.19 bits per heavy atom. The minimum atomic E-state index is -0.714. The number of thioether (sulfide) groups is 1. The van der Waals surface area contributed by atoms with Crippen molar-refractivity contribution in [3.8, 4) is 10.4 Å². The SMILES string of the molecule is NC(=O)Nc1sc(-c2ccccc2SCCN2CCCC2)cc1C(N)=O. The van der Waals surface area contributed by atoms with Crippen molar-refractivity contribution in [1.29, 1.82) is 0 Å². The summed E-state index contributed by atoms with van der Waals surface area (Å²) in [5, 5.41) is 2.87. The summed E-state index contributed by atoms with van der Waals surface area (Å²) in [6, 6.07) is 9.07. The molecule has 2 heterocycles. The van der Waals surface area contributed by atoms with Crippen molar-refractivity contribution in [1.82, 2.24) is 4.90 Å². The number of likely N-dealkylation sites (tertiary alicyclic amines) is 1. The molecule has 0 spiro atoms. The molecule has 3 amide bonds. The van der Waals surface area contributed by atoms with Crippen LogP contribution in [0, 0.1) is 0 Å². The first kappa shape index (κ1) is 18.8. The molecule has 8 heteroatoms. The molecule has 5 N–H and O–H groups in total. The average molecular weight is 391 g/mol. The van der Waals surface area contributed by atoms with Crippen LogP contribution >= 0.6 is 23.1 Å². The molecule has 0 radical (unpaired) electrons. The van der Waals surface area contributed by atoms with Crippen LogP contribution in [0.1, 0.15) is 23.2 Å². The van der Waals surface area contributed by atoms with E-state index in [9.17, 15) is 9.59 Å². The van der Waals surface area contributed by atoms with E-state index in [1.165, 1.54) is 37.3 Å². The first-order valence-corrected chi connectivity index (χ1v) is 10.3. The van der Waals surface area contributed by atoms with E-state index in [1.807, 2.05) is 18.2 Å². The van der Waals surface area contributed by atoms with E-state index in [1.54, 1.807) is 17.8 Å². The normalized spacial score (nSPS) is 14.5. The molecule has 1 aliphatic heterocycles. The molecule has 26 heavy (non-hydrogen) atoms. The van der Waals surface area contributed by atoms with Gasteiger partial charge in [0.1, 0.15) is 5.00 Å². The van der Waals surface area contributed by atoms with Gasteiger partial charge in [-0.25, -0.2) is 4.79 Å². The van der Waals surface area contributed by atoms with Crippen LogP contribution in [0.3, 0.4) is 0 Å². The minimum absolute atomic E-state index is 0.278. The van der Waals surface area contributed by atoms with E-state index >= 15 is 0 Å².